The third-order valence-corrected chi connectivity index (χ3v) is 9.30. The molecule has 0 radical (unpaired) electrons. The van der Waals surface area contributed by atoms with Gasteiger partial charge in [-0.15, -0.1) is 0 Å². The zero-order chi connectivity index (χ0) is 28.3. The second-order valence-corrected chi connectivity index (χ2v) is 11.5. The van der Waals surface area contributed by atoms with Crippen LogP contribution in [0.15, 0.2) is 140 Å². The molecular weight excluding hydrogens is 511 g/mol. The first-order valence-electron chi connectivity index (χ1n) is 14.6. The van der Waals surface area contributed by atoms with E-state index in [1.54, 1.807) is 0 Å². The molecule has 2 nitrogen and oxygen atoms in total. The molecule has 200 valence electrons. The van der Waals surface area contributed by atoms with Crippen molar-refractivity contribution in [3.05, 3.63) is 184 Å². The molecule has 0 saturated heterocycles. The second-order valence-electron chi connectivity index (χ2n) is 11.5. The molecule has 0 unspecified atom stereocenters. The first-order chi connectivity index (χ1) is 20.7. The van der Waals surface area contributed by atoms with E-state index in [2.05, 4.69) is 127 Å². The minimum atomic E-state index is -1.48. The van der Waals surface area contributed by atoms with Crippen LogP contribution in [0.4, 0.5) is 0 Å². The van der Waals surface area contributed by atoms with E-state index in [1.807, 2.05) is 12.1 Å². The molecular formula is C39H29BO2. The molecule has 0 atom stereocenters. The van der Waals surface area contributed by atoms with Gasteiger partial charge >= 0.3 is 7.12 Å². The minimum Gasteiger partial charge on any atom is -0.423 e. The Bertz CT molecular complexity index is 1900. The summed E-state index contributed by atoms with van der Waals surface area (Å²) in [5.74, 6) is 0. The zero-order valence-corrected chi connectivity index (χ0v) is 23.2. The molecule has 0 heterocycles. The summed E-state index contributed by atoms with van der Waals surface area (Å²) >= 11 is 0. The van der Waals surface area contributed by atoms with E-state index in [9.17, 15) is 10.0 Å². The predicted molar refractivity (Wildman–Crippen MR) is 171 cm³/mol. The maximum atomic E-state index is 9.90. The number of hydrogen-bond acceptors (Lipinski definition) is 2. The Labute approximate surface area is 246 Å². The van der Waals surface area contributed by atoms with E-state index < -0.39 is 12.5 Å². The molecule has 3 aliphatic carbocycles. The van der Waals surface area contributed by atoms with E-state index >= 15 is 0 Å². The third-order valence-electron chi connectivity index (χ3n) is 9.30. The summed E-state index contributed by atoms with van der Waals surface area (Å²) in [4.78, 5) is 0. The molecule has 0 fully saturated rings. The van der Waals surface area contributed by atoms with E-state index in [0.29, 0.717) is 5.46 Å². The van der Waals surface area contributed by atoms with E-state index in [4.69, 9.17) is 0 Å². The highest BCUT2D eigenvalue weighted by Crippen LogP contribution is 2.58. The largest absolute Gasteiger partial charge is 0.488 e. The van der Waals surface area contributed by atoms with Gasteiger partial charge in [0.1, 0.15) is 0 Å². The Kier molecular flexibility index (Phi) is 5.78. The first kappa shape index (κ1) is 25.0. The molecule has 3 heteroatoms. The van der Waals surface area contributed by atoms with Crippen molar-refractivity contribution < 1.29 is 10.0 Å². The second kappa shape index (κ2) is 9.70. The van der Waals surface area contributed by atoms with Gasteiger partial charge in [0.25, 0.3) is 0 Å². The van der Waals surface area contributed by atoms with Gasteiger partial charge in [0, 0.05) is 0 Å². The van der Waals surface area contributed by atoms with Crippen molar-refractivity contribution in [1.29, 1.82) is 0 Å². The van der Waals surface area contributed by atoms with Gasteiger partial charge in [-0.05, 0) is 85.1 Å². The molecule has 0 amide bonds. The van der Waals surface area contributed by atoms with Crippen LogP contribution in [-0.4, -0.2) is 17.2 Å². The van der Waals surface area contributed by atoms with Gasteiger partial charge in [-0.1, -0.05) is 140 Å². The van der Waals surface area contributed by atoms with Crippen LogP contribution in [0.5, 0.6) is 0 Å². The van der Waals surface area contributed by atoms with Crippen LogP contribution in [0.3, 0.4) is 0 Å². The molecule has 0 aromatic heterocycles. The summed E-state index contributed by atoms with van der Waals surface area (Å²) in [6.45, 7) is 0. The first-order valence-corrected chi connectivity index (χ1v) is 14.6. The Morgan fingerprint density at radius 2 is 0.833 bits per heavy atom. The maximum Gasteiger partial charge on any atom is 0.488 e. The minimum absolute atomic E-state index is 0.442. The molecule has 6 aromatic rings. The fourth-order valence-corrected chi connectivity index (χ4v) is 7.54. The average molecular weight is 540 g/mol. The summed E-state index contributed by atoms with van der Waals surface area (Å²) in [6, 6.07) is 49.1. The molecule has 6 aromatic carbocycles. The quantitative estimate of drug-likeness (QED) is 0.223. The van der Waals surface area contributed by atoms with E-state index in [-0.39, 0.29) is 0 Å². The number of fused-ring (bicyclic) bond motifs is 12. The van der Waals surface area contributed by atoms with Crippen LogP contribution in [0.1, 0.15) is 44.5 Å². The van der Waals surface area contributed by atoms with Gasteiger partial charge in [-0.3, -0.25) is 0 Å². The number of rotatable bonds is 1. The molecule has 9 rings (SSSR count). The molecule has 3 aliphatic rings. The van der Waals surface area contributed by atoms with Crippen molar-refractivity contribution in [2.75, 3.05) is 0 Å². The van der Waals surface area contributed by atoms with Crippen LogP contribution in [0, 0.1) is 0 Å². The lowest BCUT2D eigenvalue weighted by molar-refractivity contribution is 0.425. The highest BCUT2D eigenvalue weighted by Gasteiger charge is 2.49. The topological polar surface area (TPSA) is 40.5 Å². The SMILES string of the molecule is OB(O)c1ccc2c(c1)C1(c3ccccc3C2)c2ccccc2-c2ccccc21.c1ccc2c(c1)Cc1ccccc1-2. The Balaban J connectivity index is 0.000000171. The zero-order valence-electron chi connectivity index (χ0n) is 23.2. The molecule has 42 heavy (non-hydrogen) atoms. The van der Waals surface area contributed by atoms with Crippen molar-refractivity contribution in [3.63, 3.8) is 0 Å². The highest BCUT2D eigenvalue weighted by atomic mass is 16.4. The van der Waals surface area contributed by atoms with Crippen LogP contribution >= 0.6 is 0 Å². The van der Waals surface area contributed by atoms with Gasteiger partial charge in [-0.25, -0.2) is 0 Å². The number of benzene rings is 6. The van der Waals surface area contributed by atoms with Crippen LogP contribution in [0.25, 0.3) is 22.3 Å². The lowest BCUT2D eigenvalue weighted by atomic mass is 9.60. The van der Waals surface area contributed by atoms with Crippen molar-refractivity contribution >= 4 is 12.6 Å². The van der Waals surface area contributed by atoms with Gasteiger partial charge in [0.05, 0.1) is 5.41 Å². The van der Waals surface area contributed by atoms with Crippen molar-refractivity contribution in [3.8, 4) is 22.3 Å². The van der Waals surface area contributed by atoms with Crippen molar-refractivity contribution in [1.82, 2.24) is 0 Å². The Hall–Kier alpha value is -4.70. The maximum absolute atomic E-state index is 9.90. The van der Waals surface area contributed by atoms with Crippen LogP contribution in [0.2, 0.25) is 0 Å². The molecule has 1 spiro atoms. The van der Waals surface area contributed by atoms with Crippen LogP contribution in [-0.2, 0) is 18.3 Å². The summed E-state index contributed by atoms with van der Waals surface area (Å²) < 4.78 is 0. The summed E-state index contributed by atoms with van der Waals surface area (Å²) in [5, 5.41) is 19.8. The molecule has 0 aliphatic heterocycles. The summed E-state index contributed by atoms with van der Waals surface area (Å²) in [7, 11) is -1.48. The lowest BCUT2D eigenvalue weighted by Gasteiger charge is -2.40. The standard InChI is InChI=1S/C26H19BO2.C13H10/c28-27(29)19-14-13-18-15-17-7-1-4-10-22(17)26(25(18)16-19)23-11-5-2-8-20(23)21-9-3-6-12-24(21)26;1-3-7-12-10(5-1)9-11-6-2-4-8-13(11)12/h1-14,16,28-29H,15H2;1-8H,9H2. The third kappa shape index (κ3) is 3.61. The normalized spacial score (nSPS) is 14.0. The van der Waals surface area contributed by atoms with E-state index in [0.717, 1.165) is 18.4 Å². The average Bonchev–Trinajstić information content (AvgIpc) is 3.56. The number of hydrogen-bond donors (Lipinski definition) is 2. The monoisotopic (exact) mass is 540 g/mol. The molecule has 0 bridgehead atoms. The fourth-order valence-electron chi connectivity index (χ4n) is 7.54. The fraction of sp³-hybridized carbons (Fsp3) is 0.0769. The highest BCUT2D eigenvalue weighted by molar-refractivity contribution is 6.58. The van der Waals surface area contributed by atoms with Gasteiger partial charge < -0.3 is 10.0 Å². The summed E-state index contributed by atoms with van der Waals surface area (Å²) in [6.07, 6.45) is 1.95. The molecule has 0 saturated carbocycles. The van der Waals surface area contributed by atoms with Crippen LogP contribution < -0.4 is 5.46 Å². The molecule has 2 N–H and O–H groups in total. The van der Waals surface area contributed by atoms with Gasteiger partial charge in [-0.2, -0.15) is 0 Å². The Morgan fingerprint density at radius 1 is 0.405 bits per heavy atom. The van der Waals surface area contributed by atoms with Gasteiger partial charge in [0.2, 0.25) is 0 Å². The Morgan fingerprint density at radius 3 is 1.40 bits per heavy atom. The van der Waals surface area contributed by atoms with Gasteiger partial charge in [0.15, 0.2) is 0 Å². The van der Waals surface area contributed by atoms with Crippen molar-refractivity contribution in [2.45, 2.75) is 18.3 Å². The van der Waals surface area contributed by atoms with E-state index in [1.165, 1.54) is 61.2 Å². The predicted octanol–water partition coefficient (Wildman–Crippen LogP) is 6.89. The van der Waals surface area contributed by atoms with Crippen molar-refractivity contribution in [2.24, 2.45) is 0 Å². The lowest BCUT2D eigenvalue weighted by Crippen LogP contribution is -2.38. The summed E-state index contributed by atoms with van der Waals surface area (Å²) in [5.41, 5.74) is 15.9. The smallest absolute Gasteiger partial charge is 0.423 e.